The van der Waals surface area contributed by atoms with E-state index in [0.717, 1.165) is 97.8 Å². The second-order valence-electron chi connectivity index (χ2n) is 13.7. The number of esters is 1. The van der Waals surface area contributed by atoms with Crippen LogP contribution in [0.15, 0.2) is 53.3 Å². The molecule has 0 bridgehead atoms. The van der Waals surface area contributed by atoms with E-state index >= 15 is 0 Å². The predicted molar refractivity (Wildman–Crippen MR) is 175 cm³/mol. The number of hydrogen-bond acceptors (Lipinski definition) is 6. The van der Waals surface area contributed by atoms with Crippen LogP contribution in [0.4, 0.5) is 0 Å². The first-order valence-corrected chi connectivity index (χ1v) is 16.7. The standard InChI is InChI=1S/C36H46N6O3/c1-5-7-13-30-29(24-25-15-17-26(18-16-25)27-11-8-9-12-28(27)32-37-39-40-38-32)33(43)42-31(14-10-23-41(30)42)36(34(44)45-6-2)21-19-35(3,4)20-22-36/h8-9,11-12,15-18,31H,5-7,10,13-14,19-24H2,1-4H3,(H,37,38,39,40). The number of fused-ring (bicyclic) bond motifs is 1. The molecule has 1 aliphatic carbocycles. The Hall–Kier alpha value is -4.01. The van der Waals surface area contributed by atoms with Crippen LogP contribution in [0.25, 0.3) is 22.5 Å². The highest BCUT2D eigenvalue weighted by atomic mass is 16.5. The molecular weight excluding hydrogens is 564 g/mol. The monoisotopic (exact) mass is 610 g/mol. The first-order valence-electron chi connectivity index (χ1n) is 16.7. The average Bonchev–Trinajstić information content (AvgIpc) is 3.68. The molecule has 1 saturated carbocycles. The van der Waals surface area contributed by atoms with Crippen LogP contribution in [-0.4, -0.2) is 42.6 Å². The molecule has 0 saturated heterocycles. The molecule has 2 aliphatic rings. The number of aromatic amines is 1. The molecule has 6 rings (SSSR count). The largest absolute Gasteiger partial charge is 0.466 e. The van der Waals surface area contributed by atoms with E-state index in [4.69, 9.17) is 4.74 Å². The summed E-state index contributed by atoms with van der Waals surface area (Å²) in [6.07, 6.45) is 8.69. The molecule has 238 valence electrons. The van der Waals surface area contributed by atoms with Gasteiger partial charge in [-0.25, -0.2) is 4.68 Å². The van der Waals surface area contributed by atoms with Gasteiger partial charge in [0.05, 0.1) is 18.1 Å². The third-order valence-electron chi connectivity index (χ3n) is 10.3. The van der Waals surface area contributed by atoms with E-state index in [1.165, 1.54) is 0 Å². The Kier molecular flexibility index (Phi) is 8.80. The maximum absolute atomic E-state index is 14.5. The van der Waals surface area contributed by atoms with Crippen molar-refractivity contribution in [3.8, 4) is 22.5 Å². The van der Waals surface area contributed by atoms with Gasteiger partial charge in [0.15, 0.2) is 0 Å². The Bertz CT molecular complexity index is 1670. The summed E-state index contributed by atoms with van der Waals surface area (Å²) in [6, 6.07) is 16.3. The number of aromatic nitrogens is 6. The van der Waals surface area contributed by atoms with Crippen molar-refractivity contribution in [3.63, 3.8) is 0 Å². The lowest BCUT2D eigenvalue weighted by molar-refractivity contribution is -0.164. The van der Waals surface area contributed by atoms with Crippen LogP contribution in [0.1, 0.15) is 102 Å². The number of nitrogens with one attached hydrogen (secondary N) is 1. The second-order valence-corrected chi connectivity index (χ2v) is 13.7. The number of tetrazole rings is 1. The van der Waals surface area contributed by atoms with E-state index in [1.54, 1.807) is 0 Å². The summed E-state index contributed by atoms with van der Waals surface area (Å²) in [5.74, 6) is 0.430. The van der Waals surface area contributed by atoms with Crippen LogP contribution in [0.5, 0.6) is 0 Å². The normalized spacial score (nSPS) is 18.8. The van der Waals surface area contributed by atoms with Crippen LogP contribution in [0.2, 0.25) is 0 Å². The number of rotatable bonds is 10. The first-order chi connectivity index (χ1) is 21.8. The third-order valence-corrected chi connectivity index (χ3v) is 10.3. The summed E-state index contributed by atoms with van der Waals surface area (Å²) in [6.45, 7) is 9.81. The van der Waals surface area contributed by atoms with E-state index in [0.29, 0.717) is 18.9 Å². The maximum Gasteiger partial charge on any atom is 0.314 e. The quantitative estimate of drug-likeness (QED) is 0.196. The van der Waals surface area contributed by atoms with Crippen molar-refractivity contribution in [2.75, 3.05) is 6.61 Å². The number of ether oxygens (including phenoxy) is 1. The van der Waals surface area contributed by atoms with Crippen molar-refractivity contribution in [3.05, 3.63) is 75.7 Å². The molecular formula is C36H46N6O3. The minimum atomic E-state index is -0.668. The van der Waals surface area contributed by atoms with Crippen LogP contribution in [0.3, 0.4) is 0 Å². The molecule has 2 aromatic carbocycles. The average molecular weight is 611 g/mol. The topological polar surface area (TPSA) is 108 Å². The van der Waals surface area contributed by atoms with Gasteiger partial charge >= 0.3 is 5.97 Å². The van der Waals surface area contributed by atoms with Gasteiger partial charge in [0, 0.05) is 29.8 Å². The van der Waals surface area contributed by atoms with Crippen molar-refractivity contribution >= 4 is 5.97 Å². The van der Waals surface area contributed by atoms with Crippen LogP contribution >= 0.6 is 0 Å². The van der Waals surface area contributed by atoms with Gasteiger partial charge in [-0.05, 0) is 85.6 Å². The zero-order valence-electron chi connectivity index (χ0n) is 27.1. The Morgan fingerprint density at radius 1 is 1.02 bits per heavy atom. The Labute approximate surface area is 265 Å². The zero-order valence-corrected chi connectivity index (χ0v) is 27.1. The molecule has 1 unspecified atom stereocenters. The fraction of sp³-hybridized carbons (Fsp3) is 0.528. The van der Waals surface area contributed by atoms with E-state index in [-0.39, 0.29) is 23.0 Å². The number of H-pyrrole nitrogens is 1. The first kappa shape index (κ1) is 31.0. The molecule has 0 spiro atoms. The number of hydrogen-bond donors (Lipinski definition) is 1. The lowest BCUT2D eigenvalue weighted by atomic mass is 9.61. The highest BCUT2D eigenvalue weighted by molar-refractivity contribution is 5.80. The summed E-state index contributed by atoms with van der Waals surface area (Å²) in [5, 5.41) is 14.6. The molecule has 0 amide bonds. The van der Waals surface area contributed by atoms with Crippen molar-refractivity contribution in [1.82, 2.24) is 30.0 Å². The lowest BCUT2D eigenvalue weighted by Crippen LogP contribution is -2.50. The molecule has 9 heteroatoms. The van der Waals surface area contributed by atoms with Crippen molar-refractivity contribution in [2.45, 2.75) is 104 Å². The van der Waals surface area contributed by atoms with Crippen molar-refractivity contribution < 1.29 is 9.53 Å². The van der Waals surface area contributed by atoms with Crippen LogP contribution < -0.4 is 5.56 Å². The fourth-order valence-electron chi connectivity index (χ4n) is 7.61. The molecule has 0 radical (unpaired) electrons. The number of carbonyl (C=O) groups is 1. The Morgan fingerprint density at radius 3 is 2.42 bits per heavy atom. The van der Waals surface area contributed by atoms with E-state index in [9.17, 15) is 9.59 Å². The Morgan fingerprint density at radius 2 is 1.76 bits per heavy atom. The molecule has 1 N–H and O–H groups in total. The molecule has 4 aromatic rings. The Balaban J connectivity index is 1.37. The van der Waals surface area contributed by atoms with Crippen LogP contribution in [-0.2, 0) is 28.9 Å². The second kappa shape index (κ2) is 12.8. The third kappa shape index (κ3) is 5.89. The number of nitrogens with zero attached hydrogens (tertiary/aromatic N) is 5. The molecule has 1 fully saturated rings. The minimum absolute atomic E-state index is 0.0610. The van der Waals surface area contributed by atoms with Gasteiger partial charge < -0.3 is 4.74 Å². The van der Waals surface area contributed by atoms with Gasteiger partial charge in [0.25, 0.3) is 5.56 Å². The molecule has 2 aromatic heterocycles. The minimum Gasteiger partial charge on any atom is -0.466 e. The van der Waals surface area contributed by atoms with Gasteiger partial charge in [-0.2, -0.15) is 5.21 Å². The van der Waals surface area contributed by atoms with Crippen molar-refractivity contribution in [1.29, 1.82) is 0 Å². The summed E-state index contributed by atoms with van der Waals surface area (Å²) in [4.78, 5) is 28.3. The molecule has 3 heterocycles. The summed E-state index contributed by atoms with van der Waals surface area (Å²) in [7, 11) is 0. The zero-order chi connectivity index (χ0) is 31.6. The number of unbranched alkanes of at least 4 members (excludes halogenated alkanes) is 1. The van der Waals surface area contributed by atoms with E-state index in [2.05, 4.69) is 76.4 Å². The van der Waals surface area contributed by atoms with Gasteiger partial charge in [-0.15, -0.1) is 10.2 Å². The smallest absolute Gasteiger partial charge is 0.314 e. The van der Waals surface area contributed by atoms with Gasteiger partial charge in [0.1, 0.15) is 0 Å². The molecule has 9 nitrogen and oxygen atoms in total. The molecule has 45 heavy (non-hydrogen) atoms. The van der Waals surface area contributed by atoms with Gasteiger partial charge in [-0.3, -0.25) is 14.3 Å². The number of benzene rings is 2. The SMILES string of the molecule is CCCCc1c(Cc2ccc(-c3ccccc3-c3nn[nH]n3)cc2)c(=O)n2n1CCCC2C1(C(=O)OCC)CCC(C)(C)CC1. The predicted octanol–water partition coefficient (Wildman–Crippen LogP) is 6.91. The van der Waals surface area contributed by atoms with E-state index in [1.807, 2.05) is 29.8 Å². The summed E-state index contributed by atoms with van der Waals surface area (Å²) < 4.78 is 10.0. The van der Waals surface area contributed by atoms with Crippen LogP contribution in [0, 0.1) is 10.8 Å². The van der Waals surface area contributed by atoms with Crippen molar-refractivity contribution in [2.24, 2.45) is 10.8 Å². The fourth-order valence-corrected chi connectivity index (χ4v) is 7.61. The lowest BCUT2D eigenvalue weighted by Gasteiger charge is -2.47. The summed E-state index contributed by atoms with van der Waals surface area (Å²) in [5.41, 5.74) is 5.65. The molecule has 1 atom stereocenters. The highest BCUT2D eigenvalue weighted by Gasteiger charge is 2.53. The maximum atomic E-state index is 14.5. The van der Waals surface area contributed by atoms with E-state index < -0.39 is 5.41 Å². The summed E-state index contributed by atoms with van der Waals surface area (Å²) >= 11 is 0. The molecule has 1 aliphatic heterocycles. The number of carbonyl (C=O) groups excluding carboxylic acids is 1. The van der Waals surface area contributed by atoms with Gasteiger partial charge in [-0.1, -0.05) is 75.7 Å². The van der Waals surface area contributed by atoms with Gasteiger partial charge in [0.2, 0.25) is 5.82 Å². The highest BCUT2D eigenvalue weighted by Crippen LogP contribution is 2.53.